The molecule has 134 valence electrons. The highest BCUT2D eigenvalue weighted by atomic mass is 35.5. The summed E-state index contributed by atoms with van der Waals surface area (Å²) in [7, 11) is 0. The second-order valence-corrected chi connectivity index (χ2v) is 5.83. The third-order valence-electron chi connectivity index (χ3n) is 3.92. The molecular weight excluding hydrogens is 341 g/mol. The number of rotatable bonds is 5. The molecule has 1 unspecified atom stereocenters. The molecule has 0 saturated heterocycles. The average Bonchev–Trinajstić information content (AvgIpc) is 2.53. The van der Waals surface area contributed by atoms with Crippen LogP contribution in [-0.4, -0.2) is 25.5 Å². The van der Waals surface area contributed by atoms with E-state index in [1.165, 1.54) is 17.7 Å². The summed E-state index contributed by atoms with van der Waals surface area (Å²) in [5, 5.41) is 6.10. The molecule has 0 spiro atoms. The maximum atomic E-state index is 12.5. The van der Waals surface area contributed by atoms with Crippen molar-refractivity contribution in [3.8, 4) is 0 Å². The maximum absolute atomic E-state index is 12.5. The first-order valence-electron chi connectivity index (χ1n) is 7.68. The van der Waals surface area contributed by atoms with Gasteiger partial charge in [0.25, 0.3) is 0 Å². The van der Waals surface area contributed by atoms with Gasteiger partial charge in [0.2, 0.25) is 5.91 Å². The van der Waals surface area contributed by atoms with Gasteiger partial charge >= 0.3 is 6.18 Å². The van der Waals surface area contributed by atoms with Crippen molar-refractivity contribution < 1.29 is 18.0 Å². The van der Waals surface area contributed by atoms with Crippen LogP contribution in [0, 0.1) is 5.92 Å². The molecular formula is C17H22ClF3N2O. The van der Waals surface area contributed by atoms with Gasteiger partial charge in [0, 0.05) is 19.0 Å². The van der Waals surface area contributed by atoms with E-state index in [0.29, 0.717) is 13.0 Å². The van der Waals surface area contributed by atoms with Crippen molar-refractivity contribution in [1.82, 2.24) is 10.6 Å². The summed E-state index contributed by atoms with van der Waals surface area (Å²) in [6.07, 6.45) is -0.910. The molecule has 0 bridgehead atoms. The van der Waals surface area contributed by atoms with Crippen molar-refractivity contribution in [2.24, 2.45) is 5.92 Å². The molecule has 1 aliphatic heterocycles. The predicted octanol–water partition coefficient (Wildman–Crippen LogP) is 3.34. The van der Waals surface area contributed by atoms with Crippen LogP contribution < -0.4 is 10.6 Å². The van der Waals surface area contributed by atoms with E-state index in [2.05, 4.69) is 16.7 Å². The Kier molecular flexibility index (Phi) is 7.76. The summed E-state index contributed by atoms with van der Waals surface area (Å²) in [4.78, 5) is 12.1. The first-order valence-corrected chi connectivity index (χ1v) is 7.68. The van der Waals surface area contributed by atoms with E-state index in [0.717, 1.165) is 37.2 Å². The molecule has 1 aromatic rings. The van der Waals surface area contributed by atoms with Crippen LogP contribution in [0.15, 0.2) is 35.9 Å². The van der Waals surface area contributed by atoms with Crippen LogP contribution in [0.5, 0.6) is 0 Å². The van der Waals surface area contributed by atoms with Crippen molar-refractivity contribution in [3.05, 3.63) is 47.0 Å². The number of carbonyl (C=O) groups is 1. The van der Waals surface area contributed by atoms with E-state index in [4.69, 9.17) is 0 Å². The molecule has 1 atom stereocenters. The van der Waals surface area contributed by atoms with Crippen LogP contribution in [0.1, 0.15) is 24.5 Å². The topological polar surface area (TPSA) is 41.1 Å². The number of alkyl halides is 3. The van der Waals surface area contributed by atoms with Crippen LogP contribution in [0.25, 0.3) is 0 Å². The normalized spacial score (nSPS) is 15.9. The van der Waals surface area contributed by atoms with Crippen LogP contribution in [0.4, 0.5) is 13.2 Å². The lowest BCUT2D eigenvalue weighted by atomic mass is 9.99. The Morgan fingerprint density at radius 1 is 1.29 bits per heavy atom. The molecule has 3 nitrogen and oxygen atoms in total. The fourth-order valence-electron chi connectivity index (χ4n) is 2.48. The SMILES string of the molecule is CC(Cc1ccc(C(F)(F)F)cc1)C(=O)NCC1=CCNCC1.Cl. The predicted molar refractivity (Wildman–Crippen MR) is 90.1 cm³/mol. The molecule has 0 fully saturated rings. The molecule has 1 amide bonds. The molecule has 0 aromatic heterocycles. The number of carbonyl (C=O) groups excluding carboxylic acids is 1. The molecule has 7 heteroatoms. The first-order chi connectivity index (χ1) is 10.9. The van der Waals surface area contributed by atoms with Gasteiger partial charge in [0.1, 0.15) is 0 Å². The number of nitrogens with one attached hydrogen (secondary N) is 2. The molecule has 24 heavy (non-hydrogen) atoms. The van der Waals surface area contributed by atoms with E-state index in [9.17, 15) is 18.0 Å². The molecule has 2 N–H and O–H groups in total. The Hall–Kier alpha value is -1.53. The van der Waals surface area contributed by atoms with Gasteiger partial charge in [-0.3, -0.25) is 4.79 Å². The first kappa shape index (κ1) is 20.5. The second-order valence-electron chi connectivity index (χ2n) is 5.83. The highest BCUT2D eigenvalue weighted by Gasteiger charge is 2.30. The minimum Gasteiger partial charge on any atom is -0.352 e. The van der Waals surface area contributed by atoms with Gasteiger partial charge in [-0.2, -0.15) is 13.2 Å². The van der Waals surface area contributed by atoms with Crippen molar-refractivity contribution in [3.63, 3.8) is 0 Å². The number of halogens is 4. The largest absolute Gasteiger partial charge is 0.416 e. The Morgan fingerprint density at radius 2 is 1.96 bits per heavy atom. The fraction of sp³-hybridized carbons (Fsp3) is 0.471. The van der Waals surface area contributed by atoms with E-state index >= 15 is 0 Å². The zero-order chi connectivity index (χ0) is 16.9. The van der Waals surface area contributed by atoms with Crippen LogP contribution in [0.2, 0.25) is 0 Å². The Balaban J connectivity index is 0.00000288. The van der Waals surface area contributed by atoms with E-state index in [1.54, 1.807) is 6.92 Å². The minimum atomic E-state index is -4.33. The van der Waals surface area contributed by atoms with Crippen molar-refractivity contribution in [2.45, 2.75) is 25.9 Å². The lowest BCUT2D eigenvalue weighted by Crippen LogP contribution is -2.33. The quantitative estimate of drug-likeness (QED) is 0.789. The van der Waals surface area contributed by atoms with E-state index in [-0.39, 0.29) is 24.2 Å². The zero-order valence-corrected chi connectivity index (χ0v) is 14.3. The zero-order valence-electron chi connectivity index (χ0n) is 13.5. The highest BCUT2D eigenvalue weighted by molar-refractivity contribution is 5.85. The number of hydrogen-bond acceptors (Lipinski definition) is 2. The van der Waals surface area contributed by atoms with Gasteiger partial charge in [0.05, 0.1) is 5.56 Å². The Morgan fingerprint density at radius 3 is 2.50 bits per heavy atom. The van der Waals surface area contributed by atoms with Gasteiger partial charge < -0.3 is 10.6 Å². The molecule has 1 heterocycles. The van der Waals surface area contributed by atoms with E-state index < -0.39 is 11.7 Å². The Bertz CT molecular complexity index is 570. The van der Waals surface area contributed by atoms with Gasteiger partial charge in [-0.1, -0.05) is 30.7 Å². The third-order valence-corrected chi connectivity index (χ3v) is 3.92. The number of hydrogen-bond donors (Lipinski definition) is 2. The smallest absolute Gasteiger partial charge is 0.352 e. The van der Waals surface area contributed by atoms with Gasteiger partial charge in [-0.15, -0.1) is 12.4 Å². The molecule has 1 aromatic carbocycles. The van der Waals surface area contributed by atoms with Gasteiger partial charge in [0.15, 0.2) is 0 Å². The molecule has 0 aliphatic carbocycles. The van der Waals surface area contributed by atoms with E-state index in [1.807, 2.05) is 0 Å². The van der Waals surface area contributed by atoms with Gasteiger partial charge in [-0.05, 0) is 37.1 Å². The molecule has 0 radical (unpaired) electrons. The van der Waals surface area contributed by atoms with Crippen LogP contribution >= 0.6 is 12.4 Å². The monoisotopic (exact) mass is 362 g/mol. The van der Waals surface area contributed by atoms with Crippen molar-refractivity contribution in [1.29, 1.82) is 0 Å². The minimum absolute atomic E-state index is 0. The highest BCUT2D eigenvalue weighted by Crippen LogP contribution is 2.29. The Labute approximate surface area is 146 Å². The maximum Gasteiger partial charge on any atom is 0.416 e. The lowest BCUT2D eigenvalue weighted by Gasteiger charge is -2.17. The van der Waals surface area contributed by atoms with Crippen LogP contribution in [0.3, 0.4) is 0 Å². The number of amides is 1. The third kappa shape index (κ3) is 6.17. The molecule has 1 aliphatic rings. The summed E-state index contributed by atoms with van der Waals surface area (Å²) in [5.74, 6) is -0.363. The summed E-state index contributed by atoms with van der Waals surface area (Å²) in [6, 6.07) is 4.98. The second kappa shape index (κ2) is 9.08. The van der Waals surface area contributed by atoms with Crippen molar-refractivity contribution in [2.75, 3.05) is 19.6 Å². The molecule has 0 saturated carbocycles. The fourth-order valence-corrected chi connectivity index (χ4v) is 2.48. The van der Waals surface area contributed by atoms with Crippen molar-refractivity contribution >= 4 is 18.3 Å². The summed E-state index contributed by atoms with van der Waals surface area (Å²) >= 11 is 0. The summed E-state index contributed by atoms with van der Waals surface area (Å²) < 4.78 is 37.5. The summed E-state index contributed by atoms with van der Waals surface area (Å²) in [6.45, 7) is 4.07. The van der Waals surface area contributed by atoms with Crippen LogP contribution in [-0.2, 0) is 17.4 Å². The standard InChI is InChI=1S/C17H21F3N2O.ClH/c1-12(16(23)22-11-14-6-8-21-9-7-14)10-13-2-4-15(5-3-13)17(18,19)20;/h2-6,12,21H,7-11H2,1H3,(H,22,23);1H. The molecule has 2 rings (SSSR count). The number of benzene rings is 1. The lowest BCUT2D eigenvalue weighted by molar-refractivity contribution is -0.137. The summed E-state index contributed by atoms with van der Waals surface area (Å²) in [5.41, 5.74) is 1.26. The van der Waals surface area contributed by atoms with Gasteiger partial charge in [-0.25, -0.2) is 0 Å². The average molecular weight is 363 g/mol.